The third-order valence-corrected chi connectivity index (χ3v) is 4.14. The third-order valence-electron chi connectivity index (χ3n) is 3.91. The van der Waals surface area contributed by atoms with Gasteiger partial charge in [-0.15, -0.1) is 0 Å². The Kier molecular flexibility index (Phi) is 4.92. The van der Waals surface area contributed by atoms with Gasteiger partial charge in [0.2, 0.25) is 0 Å². The Morgan fingerprint density at radius 2 is 2.25 bits per heavy atom. The second-order valence-corrected chi connectivity index (χ2v) is 6.11. The van der Waals surface area contributed by atoms with Crippen LogP contribution in [0.25, 0.3) is 0 Å². The molecule has 0 saturated carbocycles. The highest BCUT2D eigenvalue weighted by Crippen LogP contribution is 2.29. The van der Waals surface area contributed by atoms with E-state index in [9.17, 15) is 4.79 Å². The first-order valence-corrected chi connectivity index (χ1v) is 7.76. The fourth-order valence-electron chi connectivity index (χ4n) is 2.93. The molecule has 1 aliphatic heterocycles. The van der Waals surface area contributed by atoms with E-state index in [1.165, 1.54) is 0 Å². The van der Waals surface area contributed by atoms with Crippen molar-refractivity contribution in [3.8, 4) is 0 Å². The van der Waals surface area contributed by atoms with Gasteiger partial charge in [0, 0.05) is 29.8 Å². The molecule has 1 N–H and O–H groups in total. The molecule has 0 aromatic heterocycles. The monoisotopic (exact) mass is 294 g/mol. The summed E-state index contributed by atoms with van der Waals surface area (Å²) in [6.45, 7) is 8.02. The van der Waals surface area contributed by atoms with Crippen molar-refractivity contribution < 1.29 is 4.79 Å². The molecule has 1 heterocycles. The van der Waals surface area contributed by atoms with Gasteiger partial charge in [-0.05, 0) is 43.9 Å². The molecule has 1 aliphatic rings. The lowest BCUT2D eigenvalue weighted by atomic mass is 10.0. The van der Waals surface area contributed by atoms with E-state index >= 15 is 0 Å². The fourth-order valence-corrected chi connectivity index (χ4v) is 3.10. The van der Waals surface area contributed by atoms with Crippen LogP contribution in [0.4, 0.5) is 5.69 Å². The number of anilines is 1. The zero-order valence-corrected chi connectivity index (χ0v) is 13.2. The Bertz CT molecular complexity index is 487. The molecule has 1 saturated heterocycles. The number of amides is 1. The molecule has 0 spiro atoms. The van der Waals surface area contributed by atoms with E-state index in [0.717, 1.165) is 31.6 Å². The van der Waals surface area contributed by atoms with Gasteiger partial charge >= 0.3 is 0 Å². The minimum absolute atomic E-state index is 0.0969. The summed E-state index contributed by atoms with van der Waals surface area (Å²) >= 11 is 6.07. The van der Waals surface area contributed by atoms with Gasteiger partial charge in [0.05, 0.1) is 5.56 Å². The van der Waals surface area contributed by atoms with E-state index in [2.05, 4.69) is 19.2 Å². The number of hydrogen-bond donors (Lipinski definition) is 1. The maximum absolute atomic E-state index is 12.8. The van der Waals surface area contributed by atoms with Gasteiger partial charge in [-0.2, -0.15) is 0 Å². The van der Waals surface area contributed by atoms with Crippen LogP contribution in [0.15, 0.2) is 18.2 Å². The minimum atomic E-state index is 0.0969. The average molecular weight is 295 g/mol. The van der Waals surface area contributed by atoms with Crippen LogP contribution in [0, 0.1) is 5.92 Å². The first-order chi connectivity index (χ1) is 9.54. The zero-order valence-electron chi connectivity index (χ0n) is 12.4. The molecule has 1 amide bonds. The molecule has 110 valence electrons. The van der Waals surface area contributed by atoms with Gasteiger partial charge in [-0.25, -0.2) is 0 Å². The van der Waals surface area contributed by atoms with Crippen LogP contribution in [-0.2, 0) is 0 Å². The molecule has 20 heavy (non-hydrogen) atoms. The van der Waals surface area contributed by atoms with Crippen LogP contribution in [0.3, 0.4) is 0 Å². The molecule has 3 nitrogen and oxygen atoms in total. The SMILES string of the molecule is CCNc1ccc(Cl)cc1C(=O)N1CCCC1C(C)C. The largest absolute Gasteiger partial charge is 0.385 e. The molecular formula is C16H23ClN2O. The summed E-state index contributed by atoms with van der Waals surface area (Å²) < 4.78 is 0. The maximum Gasteiger partial charge on any atom is 0.256 e. The smallest absolute Gasteiger partial charge is 0.256 e. The van der Waals surface area contributed by atoms with Crippen molar-refractivity contribution in [1.29, 1.82) is 0 Å². The Hall–Kier alpha value is -1.22. The lowest BCUT2D eigenvalue weighted by molar-refractivity contribution is 0.0702. The Balaban J connectivity index is 2.30. The number of nitrogens with one attached hydrogen (secondary N) is 1. The predicted molar refractivity (Wildman–Crippen MR) is 84.5 cm³/mol. The maximum atomic E-state index is 12.8. The normalized spacial score (nSPS) is 18.6. The number of halogens is 1. The Morgan fingerprint density at radius 3 is 2.90 bits per heavy atom. The zero-order chi connectivity index (χ0) is 14.7. The third kappa shape index (κ3) is 3.09. The van der Waals surface area contributed by atoms with Crippen molar-refractivity contribution >= 4 is 23.2 Å². The standard InChI is InChI=1S/C16H23ClN2O/c1-4-18-14-8-7-12(17)10-13(14)16(20)19-9-5-6-15(19)11(2)3/h7-8,10-11,15,18H,4-6,9H2,1-3H3. The number of likely N-dealkylation sites (tertiary alicyclic amines) is 1. The highest BCUT2D eigenvalue weighted by atomic mass is 35.5. The molecule has 1 aromatic carbocycles. The molecule has 0 aliphatic carbocycles. The molecule has 0 bridgehead atoms. The molecule has 4 heteroatoms. The van der Waals surface area contributed by atoms with E-state index in [1.807, 2.05) is 24.0 Å². The van der Waals surface area contributed by atoms with E-state index < -0.39 is 0 Å². The second-order valence-electron chi connectivity index (χ2n) is 5.67. The molecule has 1 atom stereocenters. The second kappa shape index (κ2) is 6.49. The summed E-state index contributed by atoms with van der Waals surface area (Å²) in [7, 11) is 0. The van der Waals surface area contributed by atoms with Gasteiger partial charge in [0.25, 0.3) is 5.91 Å². The summed E-state index contributed by atoms with van der Waals surface area (Å²) in [5.41, 5.74) is 1.56. The summed E-state index contributed by atoms with van der Waals surface area (Å²) in [5.74, 6) is 0.586. The Labute approximate surface area is 126 Å². The van der Waals surface area contributed by atoms with E-state index in [1.54, 1.807) is 6.07 Å². The van der Waals surface area contributed by atoms with Crippen molar-refractivity contribution in [2.24, 2.45) is 5.92 Å². The van der Waals surface area contributed by atoms with E-state index in [4.69, 9.17) is 11.6 Å². The van der Waals surface area contributed by atoms with Crippen LogP contribution in [0.1, 0.15) is 44.0 Å². The first-order valence-electron chi connectivity index (χ1n) is 7.39. The number of carbonyl (C=O) groups excluding carboxylic acids is 1. The van der Waals surface area contributed by atoms with Crippen molar-refractivity contribution in [3.63, 3.8) is 0 Å². The van der Waals surface area contributed by atoms with E-state index in [0.29, 0.717) is 22.5 Å². The highest BCUT2D eigenvalue weighted by Gasteiger charge is 2.32. The summed E-state index contributed by atoms with van der Waals surface area (Å²) in [5, 5.41) is 3.85. The predicted octanol–water partition coefficient (Wildman–Crippen LogP) is 4.03. The average Bonchev–Trinajstić information content (AvgIpc) is 2.89. The topological polar surface area (TPSA) is 32.3 Å². The molecule has 2 rings (SSSR count). The fraction of sp³-hybridized carbons (Fsp3) is 0.562. The van der Waals surface area contributed by atoms with Crippen LogP contribution < -0.4 is 5.32 Å². The quantitative estimate of drug-likeness (QED) is 0.909. The lowest BCUT2D eigenvalue weighted by Crippen LogP contribution is -2.38. The van der Waals surface area contributed by atoms with Crippen LogP contribution >= 0.6 is 11.6 Å². The van der Waals surface area contributed by atoms with Gasteiger partial charge in [0.1, 0.15) is 0 Å². The molecule has 1 unspecified atom stereocenters. The van der Waals surface area contributed by atoms with Gasteiger partial charge in [-0.1, -0.05) is 25.4 Å². The number of rotatable bonds is 4. The molecule has 0 radical (unpaired) electrons. The number of carbonyl (C=O) groups is 1. The van der Waals surface area contributed by atoms with Gasteiger partial charge in [-0.3, -0.25) is 4.79 Å². The summed E-state index contributed by atoms with van der Waals surface area (Å²) in [6, 6.07) is 5.83. The highest BCUT2D eigenvalue weighted by molar-refractivity contribution is 6.31. The van der Waals surface area contributed by atoms with Crippen molar-refractivity contribution in [2.45, 2.75) is 39.7 Å². The van der Waals surface area contributed by atoms with Crippen molar-refractivity contribution in [3.05, 3.63) is 28.8 Å². The van der Waals surface area contributed by atoms with Gasteiger partial charge < -0.3 is 10.2 Å². The van der Waals surface area contributed by atoms with Crippen LogP contribution in [0.2, 0.25) is 5.02 Å². The number of hydrogen-bond acceptors (Lipinski definition) is 2. The van der Waals surface area contributed by atoms with Gasteiger partial charge in [0.15, 0.2) is 0 Å². The summed E-state index contributed by atoms with van der Waals surface area (Å²) in [6.07, 6.45) is 2.19. The Morgan fingerprint density at radius 1 is 1.50 bits per heavy atom. The number of nitrogens with zero attached hydrogens (tertiary/aromatic N) is 1. The molecular weight excluding hydrogens is 272 g/mol. The van der Waals surface area contributed by atoms with Crippen molar-refractivity contribution in [2.75, 3.05) is 18.4 Å². The van der Waals surface area contributed by atoms with E-state index in [-0.39, 0.29) is 5.91 Å². The molecule has 1 fully saturated rings. The van der Waals surface area contributed by atoms with Crippen LogP contribution in [0.5, 0.6) is 0 Å². The van der Waals surface area contributed by atoms with Crippen molar-refractivity contribution in [1.82, 2.24) is 4.90 Å². The first kappa shape index (κ1) is 15.2. The summed E-state index contributed by atoms with van der Waals surface area (Å²) in [4.78, 5) is 14.8. The number of benzene rings is 1. The van der Waals surface area contributed by atoms with Crippen LogP contribution in [-0.4, -0.2) is 29.9 Å². The minimum Gasteiger partial charge on any atom is -0.385 e. The lowest BCUT2D eigenvalue weighted by Gasteiger charge is -2.28. The molecule has 1 aromatic rings.